The molecule has 1 atom stereocenters. The average Bonchev–Trinajstić information content (AvgIpc) is 2.61. The van der Waals surface area contributed by atoms with E-state index in [4.69, 9.17) is 0 Å². The molecule has 2 heterocycles. The third kappa shape index (κ3) is 1.78. The highest BCUT2D eigenvalue weighted by Gasteiger charge is 2.30. The standard InChI is InChI=1S/C17H18N2O/c20-14-5-6-16-13(10-14)9-12-3-1-2-4-15(12)17-11-18-7-8-19(16)17/h1-6,10,17-18,20H,7-9,11H2/t17-/m0/s1. The molecular formula is C17H18N2O. The van der Waals surface area contributed by atoms with Crippen LogP contribution in [0.2, 0.25) is 0 Å². The normalized spacial score (nSPS) is 20.6. The second-order valence-corrected chi connectivity index (χ2v) is 5.60. The van der Waals surface area contributed by atoms with Crippen molar-refractivity contribution in [2.75, 3.05) is 24.5 Å². The zero-order valence-electron chi connectivity index (χ0n) is 11.3. The van der Waals surface area contributed by atoms with Gasteiger partial charge in [-0.05, 0) is 41.3 Å². The van der Waals surface area contributed by atoms with E-state index in [9.17, 15) is 5.11 Å². The van der Waals surface area contributed by atoms with Gasteiger partial charge in [-0.15, -0.1) is 0 Å². The summed E-state index contributed by atoms with van der Waals surface area (Å²) in [6.07, 6.45) is 0.896. The lowest BCUT2D eigenvalue weighted by Crippen LogP contribution is -2.46. The van der Waals surface area contributed by atoms with Crippen LogP contribution in [0.15, 0.2) is 42.5 Å². The highest BCUT2D eigenvalue weighted by molar-refractivity contribution is 5.62. The minimum Gasteiger partial charge on any atom is -0.508 e. The van der Waals surface area contributed by atoms with Crippen LogP contribution >= 0.6 is 0 Å². The van der Waals surface area contributed by atoms with E-state index in [0.29, 0.717) is 11.8 Å². The highest BCUT2D eigenvalue weighted by atomic mass is 16.3. The number of anilines is 1. The van der Waals surface area contributed by atoms with Crippen molar-refractivity contribution in [1.82, 2.24) is 5.32 Å². The summed E-state index contributed by atoms with van der Waals surface area (Å²) in [5.74, 6) is 0.356. The Balaban J connectivity index is 1.92. The van der Waals surface area contributed by atoms with Crippen molar-refractivity contribution in [2.45, 2.75) is 12.5 Å². The van der Waals surface area contributed by atoms with Gasteiger partial charge in [-0.3, -0.25) is 0 Å². The number of nitrogens with zero attached hydrogens (tertiary/aromatic N) is 1. The molecule has 0 aliphatic carbocycles. The van der Waals surface area contributed by atoms with Gasteiger partial charge in [-0.1, -0.05) is 24.3 Å². The number of phenols is 1. The molecule has 2 aliphatic rings. The van der Waals surface area contributed by atoms with Gasteiger partial charge in [0.25, 0.3) is 0 Å². The molecule has 0 unspecified atom stereocenters. The fraction of sp³-hybridized carbons (Fsp3) is 0.294. The summed E-state index contributed by atoms with van der Waals surface area (Å²) in [4.78, 5) is 2.48. The molecule has 4 rings (SSSR count). The predicted molar refractivity (Wildman–Crippen MR) is 80.3 cm³/mol. The van der Waals surface area contributed by atoms with Crippen LogP contribution in [0.3, 0.4) is 0 Å². The van der Waals surface area contributed by atoms with E-state index in [1.807, 2.05) is 6.07 Å². The molecule has 0 bridgehead atoms. The Bertz CT molecular complexity index is 653. The number of benzene rings is 2. The van der Waals surface area contributed by atoms with E-state index in [-0.39, 0.29) is 0 Å². The molecule has 3 heteroatoms. The molecule has 0 spiro atoms. The van der Waals surface area contributed by atoms with E-state index in [2.05, 4.69) is 40.5 Å². The largest absolute Gasteiger partial charge is 0.508 e. The summed E-state index contributed by atoms with van der Waals surface area (Å²) < 4.78 is 0. The Kier molecular flexibility index (Phi) is 2.67. The summed E-state index contributed by atoms with van der Waals surface area (Å²) in [5.41, 5.74) is 5.28. The van der Waals surface area contributed by atoms with Crippen LogP contribution in [0.5, 0.6) is 5.75 Å². The molecule has 2 aromatic rings. The highest BCUT2D eigenvalue weighted by Crippen LogP contribution is 2.38. The van der Waals surface area contributed by atoms with Crippen molar-refractivity contribution in [3.63, 3.8) is 0 Å². The van der Waals surface area contributed by atoms with Gasteiger partial charge >= 0.3 is 0 Å². The lowest BCUT2D eigenvalue weighted by molar-refractivity contribution is 0.473. The first-order valence-corrected chi connectivity index (χ1v) is 7.20. The van der Waals surface area contributed by atoms with Crippen molar-refractivity contribution in [3.05, 3.63) is 59.2 Å². The molecule has 0 amide bonds. The zero-order chi connectivity index (χ0) is 13.5. The molecule has 1 fully saturated rings. The molecule has 20 heavy (non-hydrogen) atoms. The SMILES string of the molecule is Oc1ccc2c(c1)Cc1ccccc1[C@@H]1CNCCN21. The molecule has 2 aliphatic heterocycles. The molecule has 2 N–H and O–H groups in total. The minimum atomic E-state index is 0.356. The smallest absolute Gasteiger partial charge is 0.116 e. The van der Waals surface area contributed by atoms with E-state index in [0.717, 1.165) is 26.1 Å². The Hall–Kier alpha value is -2.00. The third-order valence-corrected chi connectivity index (χ3v) is 4.41. The molecule has 0 saturated carbocycles. The van der Waals surface area contributed by atoms with Crippen LogP contribution in [0.1, 0.15) is 22.7 Å². The lowest BCUT2D eigenvalue weighted by atomic mass is 9.96. The van der Waals surface area contributed by atoms with Gasteiger partial charge in [-0.25, -0.2) is 0 Å². The number of piperazine rings is 1. The van der Waals surface area contributed by atoms with E-state index in [1.54, 1.807) is 6.07 Å². The number of hydrogen-bond acceptors (Lipinski definition) is 3. The Morgan fingerprint density at radius 1 is 1.10 bits per heavy atom. The number of phenolic OH excluding ortho intramolecular Hbond substituents is 1. The summed E-state index contributed by atoms with van der Waals surface area (Å²) in [5, 5.41) is 13.3. The molecule has 2 aromatic carbocycles. The second kappa shape index (κ2) is 4.53. The van der Waals surface area contributed by atoms with Gasteiger partial charge in [0.15, 0.2) is 0 Å². The fourth-order valence-electron chi connectivity index (χ4n) is 3.49. The van der Waals surface area contributed by atoms with Crippen molar-refractivity contribution >= 4 is 5.69 Å². The Morgan fingerprint density at radius 3 is 2.95 bits per heavy atom. The number of rotatable bonds is 0. The van der Waals surface area contributed by atoms with Crippen molar-refractivity contribution < 1.29 is 5.11 Å². The summed E-state index contributed by atoms with van der Waals surface area (Å²) in [7, 11) is 0. The van der Waals surface area contributed by atoms with Crippen LogP contribution in [0.25, 0.3) is 0 Å². The first kappa shape index (κ1) is 11.8. The second-order valence-electron chi connectivity index (χ2n) is 5.60. The van der Waals surface area contributed by atoms with Gasteiger partial charge in [0, 0.05) is 25.3 Å². The van der Waals surface area contributed by atoms with Crippen LogP contribution in [0, 0.1) is 0 Å². The van der Waals surface area contributed by atoms with E-state index < -0.39 is 0 Å². The fourth-order valence-corrected chi connectivity index (χ4v) is 3.49. The Morgan fingerprint density at radius 2 is 2.00 bits per heavy atom. The minimum absolute atomic E-state index is 0.356. The molecule has 102 valence electrons. The van der Waals surface area contributed by atoms with Crippen LogP contribution in [-0.2, 0) is 6.42 Å². The maximum atomic E-state index is 9.79. The summed E-state index contributed by atoms with van der Waals surface area (Å²) in [6, 6.07) is 14.9. The van der Waals surface area contributed by atoms with Crippen molar-refractivity contribution in [2.24, 2.45) is 0 Å². The van der Waals surface area contributed by atoms with Gasteiger partial charge in [-0.2, -0.15) is 0 Å². The number of fused-ring (bicyclic) bond motifs is 5. The average molecular weight is 266 g/mol. The molecule has 0 radical (unpaired) electrons. The maximum absolute atomic E-state index is 9.79. The van der Waals surface area contributed by atoms with Crippen molar-refractivity contribution in [1.29, 1.82) is 0 Å². The quantitative estimate of drug-likeness (QED) is 0.769. The third-order valence-electron chi connectivity index (χ3n) is 4.41. The number of nitrogens with one attached hydrogen (secondary N) is 1. The van der Waals surface area contributed by atoms with E-state index >= 15 is 0 Å². The first-order valence-electron chi connectivity index (χ1n) is 7.20. The summed E-state index contributed by atoms with van der Waals surface area (Å²) in [6.45, 7) is 3.01. The van der Waals surface area contributed by atoms with Gasteiger partial charge < -0.3 is 15.3 Å². The van der Waals surface area contributed by atoms with Crippen molar-refractivity contribution in [3.8, 4) is 5.75 Å². The van der Waals surface area contributed by atoms with Gasteiger partial charge in [0.2, 0.25) is 0 Å². The van der Waals surface area contributed by atoms with Gasteiger partial charge in [0.05, 0.1) is 6.04 Å². The van der Waals surface area contributed by atoms with E-state index in [1.165, 1.54) is 22.4 Å². The van der Waals surface area contributed by atoms with Crippen LogP contribution in [0.4, 0.5) is 5.69 Å². The molecular weight excluding hydrogens is 248 g/mol. The number of aromatic hydroxyl groups is 1. The zero-order valence-corrected chi connectivity index (χ0v) is 11.3. The Labute approximate surface area is 118 Å². The van der Waals surface area contributed by atoms with Crippen LogP contribution in [-0.4, -0.2) is 24.7 Å². The predicted octanol–water partition coefficient (Wildman–Crippen LogP) is 2.45. The van der Waals surface area contributed by atoms with Gasteiger partial charge in [0.1, 0.15) is 5.75 Å². The topological polar surface area (TPSA) is 35.5 Å². The monoisotopic (exact) mass is 266 g/mol. The molecule has 3 nitrogen and oxygen atoms in total. The molecule has 0 aromatic heterocycles. The summed E-state index contributed by atoms with van der Waals surface area (Å²) >= 11 is 0. The first-order chi connectivity index (χ1) is 9.83. The lowest BCUT2D eigenvalue weighted by Gasteiger charge is -2.38. The maximum Gasteiger partial charge on any atom is 0.116 e. The number of hydrogen-bond donors (Lipinski definition) is 2. The molecule has 1 saturated heterocycles. The van der Waals surface area contributed by atoms with Crippen LogP contribution < -0.4 is 10.2 Å².